The van der Waals surface area contributed by atoms with Crippen LogP contribution < -0.4 is 9.64 Å². The summed E-state index contributed by atoms with van der Waals surface area (Å²) in [5, 5.41) is 11.4. The molecule has 1 aliphatic heterocycles. The van der Waals surface area contributed by atoms with Crippen molar-refractivity contribution in [3.8, 4) is 5.75 Å². The molecule has 1 fully saturated rings. The molecular weight excluding hydrogens is 470 g/mol. The van der Waals surface area contributed by atoms with Crippen LogP contribution in [-0.2, 0) is 20.7 Å². The summed E-state index contributed by atoms with van der Waals surface area (Å²) in [5.41, 5.74) is 3.72. The number of carbonyl (C=O) groups is 3. The van der Waals surface area contributed by atoms with Crippen molar-refractivity contribution in [1.29, 1.82) is 0 Å². The number of hydrogen-bond acceptors (Lipinski definition) is 6. The summed E-state index contributed by atoms with van der Waals surface area (Å²) in [6.45, 7) is 6.28. The zero-order valence-corrected chi connectivity index (χ0v) is 21.3. The van der Waals surface area contributed by atoms with E-state index in [1.54, 1.807) is 30.3 Å². The van der Waals surface area contributed by atoms with Crippen LogP contribution in [0.5, 0.6) is 5.75 Å². The largest absolute Gasteiger partial charge is 0.507 e. The van der Waals surface area contributed by atoms with Crippen LogP contribution in [0.15, 0.2) is 72.3 Å². The van der Waals surface area contributed by atoms with Gasteiger partial charge in [0.15, 0.2) is 0 Å². The van der Waals surface area contributed by atoms with Gasteiger partial charge in [-0.15, -0.1) is 0 Å². The van der Waals surface area contributed by atoms with Gasteiger partial charge >= 0.3 is 5.97 Å². The average molecular weight is 500 g/mol. The highest BCUT2D eigenvalue weighted by Gasteiger charge is 2.47. The highest BCUT2D eigenvalue weighted by Crippen LogP contribution is 2.42. The first-order valence-corrected chi connectivity index (χ1v) is 12.1. The van der Waals surface area contributed by atoms with E-state index in [-0.39, 0.29) is 11.3 Å². The molecule has 37 heavy (non-hydrogen) atoms. The number of rotatable bonds is 7. The minimum Gasteiger partial charge on any atom is -0.507 e. The summed E-state index contributed by atoms with van der Waals surface area (Å²) in [6.07, 6.45) is 0.834. The zero-order chi connectivity index (χ0) is 26.7. The van der Waals surface area contributed by atoms with Gasteiger partial charge in [0, 0.05) is 11.3 Å². The van der Waals surface area contributed by atoms with E-state index in [0.717, 1.165) is 17.5 Å². The maximum Gasteiger partial charge on any atom is 0.337 e. The van der Waals surface area contributed by atoms with E-state index in [4.69, 9.17) is 9.47 Å². The lowest BCUT2D eigenvalue weighted by molar-refractivity contribution is -0.132. The summed E-state index contributed by atoms with van der Waals surface area (Å²) in [7, 11) is 1.29. The van der Waals surface area contributed by atoms with Crippen molar-refractivity contribution in [3.05, 3.63) is 100 Å². The number of methoxy groups -OCH3 is 1. The lowest BCUT2D eigenvalue weighted by atomic mass is 9.93. The number of aliphatic hydroxyl groups excluding tert-OH is 1. The van der Waals surface area contributed by atoms with E-state index in [0.29, 0.717) is 34.7 Å². The summed E-state index contributed by atoms with van der Waals surface area (Å²) in [4.78, 5) is 40.0. The second kappa shape index (κ2) is 10.7. The van der Waals surface area contributed by atoms with Gasteiger partial charge in [0.2, 0.25) is 0 Å². The highest BCUT2D eigenvalue weighted by atomic mass is 16.5. The molecule has 7 nitrogen and oxygen atoms in total. The lowest BCUT2D eigenvalue weighted by Gasteiger charge is -2.26. The van der Waals surface area contributed by atoms with Crippen LogP contribution in [0.1, 0.15) is 52.5 Å². The monoisotopic (exact) mass is 499 g/mol. The molecule has 7 heteroatoms. The van der Waals surface area contributed by atoms with Crippen molar-refractivity contribution in [2.45, 2.75) is 33.2 Å². The van der Waals surface area contributed by atoms with Gasteiger partial charge in [0.05, 0.1) is 30.9 Å². The van der Waals surface area contributed by atoms with Crippen LogP contribution in [-0.4, -0.2) is 36.5 Å². The molecular formula is C30H29NO6. The average Bonchev–Trinajstić information content (AvgIpc) is 3.19. The molecule has 0 spiro atoms. The molecule has 4 rings (SSSR count). The van der Waals surface area contributed by atoms with Crippen LogP contribution in [0.4, 0.5) is 5.69 Å². The smallest absolute Gasteiger partial charge is 0.337 e. The van der Waals surface area contributed by atoms with Crippen LogP contribution in [0.25, 0.3) is 5.76 Å². The first kappa shape index (κ1) is 25.7. The van der Waals surface area contributed by atoms with Gasteiger partial charge in [-0.3, -0.25) is 14.5 Å². The van der Waals surface area contributed by atoms with Crippen LogP contribution in [0.3, 0.4) is 0 Å². The number of amides is 1. The lowest BCUT2D eigenvalue weighted by Crippen LogP contribution is -2.29. The number of ether oxygens (including phenoxy) is 2. The molecule has 1 N–H and O–H groups in total. The Labute approximate surface area is 215 Å². The molecule has 1 atom stereocenters. The van der Waals surface area contributed by atoms with Crippen molar-refractivity contribution in [1.82, 2.24) is 0 Å². The molecule has 0 bridgehead atoms. The number of nitrogens with zero attached hydrogens (tertiary/aromatic N) is 1. The third kappa shape index (κ3) is 4.85. The summed E-state index contributed by atoms with van der Waals surface area (Å²) in [6, 6.07) is 18.1. The number of carbonyl (C=O) groups excluding carboxylic acids is 3. The topological polar surface area (TPSA) is 93.1 Å². The molecule has 0 saturated carbocycles. The zero-order valence-electron chi connectivity index (χ0n) is 21.3. The predicted molar refractivity (Wildman–Crippen MR) is 141 cm³/mol. The molecule has 1 saturated heterocycles. The first-order valence-electron chi connectivity index (χ1n) is 12.1. The normalized spacial score (nSPS) is 16.6. The third-order valence-corrected chi connectivity index (χ3v) is 6.46. The van der Waals surface area contributed by atoms with Gasteiger partial charge in [-0.05, 0) is 79.4 Å². The van der Waals surface area contributed by atoms with E-state index in [2.05, 4.69) is 0 Å². The molecule has 190 valence electrons. The van der Waals surface area contributed by atoms with Gasteiger partial charge in [-0.1, -0.05) is 31.2 Å². The quantitative estimate of drug-likeness (QED) is 0.203. The van der Waals surface area contributed by atoms with Crippen molar-refractivity contribution >= 4 is 29.1 Å². The fourth-order valence-electron chi connectivity index (χ4n) is 4.50. The maximum atomic E-state index is 13.4. The van der Waals surface area contributed by atoms with Crippen molar-refractivity contribution in [3.63, 3.8) is 0 Å². The number of Topliss-reactive ketones (excluding diaryl/α,β-unsaturated/α-hetero) is 1. The Kier molecular flexibility index (Phi) is 7.43. The molecule has 1 unspecified atom stereocenters. The molecule has 1 amide bonds. The van der Waals surface area contributed by atoms with Crippen LogP contribution in [0, 0.1) is 6.92 Å². The molecule has 3 aromatic rings. The van der Waals surface area contributed by atoms with Gasteiger partial charge < -0.3 is 14.6 Å². The van der Waals surface area contributed by atoms with Crippen molar-refractivity contribution in [2.24, 2.45) is 0 Å². The van der Waals surface area contributed by atoms with E-state index in [1.807, 2.05) is 45.0 Å². The minimum absolute atomic E-state index is 0.00477. The van der Waals surface area contributed by atoms with E-state index >= 15 is 0 Å². The SMILES string of the molecule is CCOc1ccc(/C(O)=C2/C(=O)C(=O)N(c3ccc(C(=O)OC)cc3)C2c2ccc(CC)cc2)cc1C. The molecule has 0 aromatic heterocycles. The van der Waals surface area contributed by atoms with E-state index in [1.165, 1.54) is 24.1 Å². The van der Waals surface area contributed by atoms with Crippen LogP contribution >= 0.6 is 0 Å². The summed E-state index contributed by atoms with van der Waals surface area (Å²) >= 11 is 0. The molecule has 0 aliphatic carbocycles. The Morgan fingerprint density at radius 2 is 1.59 bits per heavy atom. The number of anilines is 1. The van der Waals surface area contributed by atoms with E-state index in [9.17, 15) is 19.5 Å². The fourth-order valence-corrected chi connectivity index (χ4v) is 4.50. The molecule has 1 aliphatic rings. The van der Waals surface area contributed by atoms with Crippen molar-refractivity contribution in [2.75, 3.05) is 18.6 Å². The standard InChI is InChI=1S/C30H29NO6/c1-5-19-7-9-20(10-8-19)26-25(27(32)22-13-16-24(37-6-2)18(3)17-22)28(33)29(34)31(26)23-14-11-21(12-15-23)30(35)36-4/h7-17,26,32H,5-6H2,1-4H3/b27-25-. The Hall–Kier alpha value is -4.39. The second-order valence-corrected chi connectivity index (χ2v) is 8.72. The van der Waals surface area contributed by atoms with Gasteiger partial charge in [0.1, 0.15) is 11.5 Å². The Balaban J connectivity index is 1.87. The highest BCUT2D eigenvalue weighted by molar-refractivity contribution is 6.51. The Morgan fingerprint density at radius 3 is 2.16 bits per heavy atom. The number of esters is 1. The Bertz CT molecular complexity index is 1370. The number of aryl methyl sites for hydroxylation is 2. The Morgan fingerprint density at radius 1 is 0.946 bits per heavy atom. The maximum absolute atomic E-state index is 13.4. The third-order valence-electron chi connectivity index (χ3n) is 6.46. The summed E-state index contributed by atoms with van der Waals surface area (Å²) < 4.78 is 10.4. The number of hydrogen-bond donors (Lipinski definition) is 1. The second-order valence-electron chi connectivity index (χ2n) is 8.72. The fraction of sp³-hybridized carbons (Fsp3) is 0.233. The van der Waals surface area contributed by atoms with Gasteiger partial charge in [-0.2, -0.15) is 0 Å². The predicted octanol–water partition coefficient (Wildman–Crippen LogP) is 5.37. The van der Waals surface area contributed by atoms with Gasteiger partial charge in [-0.25, -0.2) is 4.79 Å². The molecule has 0 radical (unpaired) electrons. The summed E-state index contributed by atoms with van der Waals surface area (Å²) in [5.74, 6) is -1.64. The molecule has 1 heterocycles. The van der Waals surface area contributed by atoms with Crippen molar-refractivity contribution < 1.29 is 29.0 Å². The number of benzene rings is 3. The van der Waals surface area contributed by atoms with E-state index < -0.39 is 23.7 Å². The first-order chi connectivity index (χ1) is 17.8. The van der Waals surface area contributed by atoms with Crippen LogP contribution in [0.2, 0.25) is 0 Å². The number of aliphatic hydroxyl groups is 1. The number of ketones is 1. The minimum atomic E-state index is -0.859. The molecule has 3 aromatic carbocycles. The van der Waals surface area contributed by atoms with Gasteiger partial charge in [0.25, 0.3) is 11.7 Å².